The van der Waals surface area contributed by atoms with E-state index in [1.165, 1.54) is 39.7 Å². The van der Waals surface area contributed by atoms with E-state index in [-0.39, 0.29) is 30.4 Å². The smallest absolute Gasteiger partial charge is 0.399 e. The third-order valence-electron chi connectivity index (χ3n) is 10.7. The number of hydrogen-bond acceptors (Lipinski definition) is 5. The Morgan fingerprint density at radius 2 is 1.49 bits per heavy atom. The molecule has 0 amide bonds. The highest BCUT2D eigenvalue weighted by molar-refractivity contribution is 6.62. The van der Waals surface area contributed by atoms with Crippen molar-refractivity contribution in [3.05, 3.63) is 95.4 Å². The summed E-state index contributed by atoms with van der Waals surface area (Å²) in [6.07, 6.45) is 6.46. The molecule has 4 aliphatic rings. The number of aromatic nitrogens is 2. The van der Waals surface area contributed by atoms with E-state index in [1.807, 2.05) is 6.20 Å². The lowest BCUT2D eigenvalue weighted by Gasteiger charge is -2.32. The van der Waals surface area contributed by atoms with Crippen LogP contribution in [0.25, 0.3) is 22.4 Å². The molecule has 2 bridgehead atoms. The molecule has 3 saturated heterocycles. The predicted molar refractivity (Wildman–Crippen MR) is 172 cm³/mol. The van der Waals surface area contributed by atoms with Crippen molar-refractivity contribution in [2.75, 3.05) is 6.54 Å². The molecule has 5 heterocycles. The lowest BCUT2D eigenvalue weighted by molar-refractivity contribution is 0.00578. The molecule has 1 aromatic heterocycles. The number of nitrogens with one attached hydrogen (secondary N) is 3. The first kappa shape index (κ1) is 27.3. The van der Waals surface area contributed by atoms with Gasteiger partial charge in [0.2, 0.25) is 0 Å². The van der Waals surface area contributed by atoms with Crippen LogP contribution < -0.4 is 16.1 Å². The monoisotopic (exact) mass is 572 g/mol. The van der Waals surface area contributed by atoms with Crippen LogP contribution in [-0.2, 0) is 9.31 Å². The van der Waals surface area contributed by atoms with Crippen molar-refractivity contribution in [2.24, 2.45) is 0 Å². The Balaban J connectivity index is 1.17. The molecule has 4 aliphatic heterocycles. The minimum atomic E-state index is -0.382. The van der Waals surface area contributed by atoms with Crippen LogP contribution in [0.4, 0.5) is 0 Å². The Morgan fingerprint density at radius 1 is 0.791 bits per heavy atom. The van der Waals surface area contributed by atoms with E-state index in [1.54, 1.807) is 0 Å². The summed E-state index contributed by atoms with van der Waals surface area (Å²) in [5, 5.41) is 7.55. The van der Waals surface area contributed by atoms with E-state index < -0.39 is 0 Å². The predicted octanol–water partition coefficient (Wildman–Crippen LogP) is 6.73. The fourth-order valence-corrected chi connectivity index (χ4v) is 7.70. The number of nitrogens with zero attached hydrogens (tertiary/aromatic N) is 1. The van der Waals surface area contributed by atoms with Crippen LogP contribution in [0.15, 0.2) is 72.9 Å². The zero-order valence-electron chi connectivity index (χ0n) is 25.6. The highest BCUT2D eigenvalue weighted by Gasteiger charge is 2.54. The number of H-pyrrole nitrogens is 1. The maximum atomic E-state index is 6.62. The van der Waals surface area contributed by atoms with Crippen LogP contribution in [0.3, 0.4) is 0 Å². The minimum absolute atomic E-state index is 0.264. The quantitative estimate of drug-likeness (QED) is 0.232. The van der Waals surface area contributed by atoms with Gasteiger partial charge >= 0.3 is 7.12 Å². The topological polar surface area (TPSA) is 71.2 Å². The molecular weight excluding hydrogens is 531 g/mol. The van der Waals surface area contributed by atoms with E-state index in [2.05, 4.69) is 115 Å². The van der Waals surface area contributed by atoms with Crippen molar-refractivity contribution in [1.82, 2.24) is 20.6 Å². The SMILES string of the molecule is CC1(C)OB(c2ccc(-c3ccc(-c4cnc(C5CCCN5)[nH]4)cc3)c3c2C2CC(c4ccccc4)CC3N2)OC1(C)C. The van der Waals surface area contributed by atoms with Gasteiger partial charge in [-0.2, -0.15) is 0 Å². The van der Waals surface area contributed by atoms with Gasteiger partial charge in [0.05, 0.1) is 29.1 Å². The Hall–Kier alpha value is -3.23. The summed E-state index contributed by atoms with van der Waals surface area (Å²) >= 11 is 0. The van der Waals surface area contributed by atoms with Gasteiger partial charge in [0, 0.05) is 12.1 Å². The highest BCUT2D eigenvalue weighted by atomic mass is 16.7. The van der Waals surface area contributed by atoms with Gasteiger partial charge in [-0.15, -0.1) is 0 Å². The molecule has 0 saturated carbocycles. The highest BCUT2D eigenvalue weighted by Crippen LogP contribution is 2.51. The summed E-state index contributed by atoms with van der Waals surface area (Å²) in [6.45, 7) is 9.61. The third-order valence-corrected chi connectivity index (χ3v) is 10.7. The molecule has 0 radical (unpaired) electrons. The van der Waals surface area contributed by atoms with Crippen molar-refractivity contribution in [3.8, 4) is 22.4 Å². The number of imidazole rings is 1. The summed E-state index contributed by atoms with van der Waals surface area (Å²) in [4.78, 5) is 8.25. The minimum Gasteiger partial charge on any atom is -0.399 e. The molecule has 3 aromatic carbocycles. The fraction of sp³-hybridized carbons (Fsp3) is 0.417. The molecular formula is C36H41BN4O2. The van der Waals surface area contributed by atoms with Gasteiger partial charge in [-0.3, -0.25) is 0 Å². The van der Waals surface area contributed by atoms with Crippen LogP contribution in [-0.4, -0.2) is 34.8 Å². The van der Waals surface area contributed by atoms with Crippen LogP contribution in [0.5, 0.6) is 0 Å². The molecule has 7 heteroatoms. The molecule has 220 valence electrons. The average molecular weight is 573 g/mol. The van der Waals surface area contributed by atoms with Crippen LogP contribution in [0.2, 0.25) is 0 Å². The maximum Gasteiger partial charge on any atom is 0.495 e. The fourth-order valence-electron chi connectivity index (χ4n) is 7.70. The standard InChI is InChI=1S/C36H41BN4O2/c1-35(2)36(3,4)43-37(42-35)27-17-16-26(32-29-19-25(20-30(40-29)33(27)32)22-9-6-5-7-10-22)23-12-14-24(15-13-23)31-21-39-34(41-31)28-11-8-18-38-28/h5-7,9-10,12-17,21,25,28-30,38,40H,8,11,18-20H2,1-4H3,(H,39,41). The van der Waals surface area contributed by atoms with E-state index in [0.717, 1.165) is 42.9 Å². The van der Waals surface area contributed by atoms with Crippen molar-refractivity contribution in [1.29, 1.82) is 0 Å². The lowest BCUT2D eigenvalue weighted by atomic mass is 9.72. The van der Waals surface area contributed by atoms with E-state index in [9.17, 15) is 0 Å². The largest absolute Gasteiger partial charge is 0.495 e. The van der Waals surface area contributed by atoms with Crippen molar-refractivity contribution >= 4 is 12.6 Å². The second kappa shape index (κ2) is 10.2. The van der Waals surface area contributed by atoms with Gasteiger partial charge in [-0.25, -0.2) is 4.98 Å². The zero-order valence-corrected chi connectivity index (χ0v) is 25.6. The average Bonchev–Trinajstić information content (AvgIpc) is 3.80. The van der Waals surface area contributed by atoms with Crippen LogP contribution in [0, 0.1) is 0 Å². The first-order valence-electron chi connectivity index (χ1n) is 16.0. The van der Waals surface area contributed by atoms with Crippen molar-refractivity contribution < 1.29 is 9.31 Å². The number of piperidine rings is 1. The number of aromatic amines is 1. The van der Waals surface area contributed by atoms with Crippen LogP contribution in [0.1, 0.15) is 99.9 Å². The first-order chi connectivity index (χ1) is 20.8. The molecule has 4 atom stereocenters. The molecule has 43 heavy (non-hydrogen) atoms. The van der Waals surface area contributed by atoms with Gasteiger partial charge in [-0.1, -0.05) is 66.7 Å². The lowest BCUT2D eigenvalue weighted by Crippen LogP contribution is -2.41. The van der Waals surface area contributed by atoms with Gasteiger partial charge in [0.1, 0.15) is 5.82 Å². The van der Waals surface area contributed by atoms with Crippen molar-refractivity contribution in [2.45, 2.75) is 88.6 Å². The number of rotatable bonds is 5. The molecule has 3 fully saturated rings. The molecule has 6 nitrogen and oxygen atoms in total. The molecule has 4 aromatic rings. The Labute approximate surface area is 255 Å². The Bertz CT molecular complexity index is 1630. The second-order valence-electron chi connectivity index (χ2n) is 13.9. The van der Waals surface area contributed by atoms with E-state index in [0.29, 0.717) is 12.0 Å². The maximum absolute atomic E-state index is 6.62. The van der Waals surface area contributed by atoms with Gasteiger partial charge < -0.3 is 24.9 Å². The molecule has 0 spiro atoms. The third kappa shape index (κ3) is 4.60. The summed E-state index contributed by atoms with van der Waals surface area (Å²) in [5.41, 5.74) is 9.41. The molecule has 4 unspecified atom stereocenters. The van der Waals surface area contributed by atoms with Gasteiger partial charge in [0.15, 0.2) is 0 Å². The zero-order chi connectivity index (χ0) is 29.3. The summed E-state index contributed by atoms with van der Waals surface area (Å²) in [7, 11) is -0.379. The Morgan fingerprint density at radius 3 is 2.19 bits per heavy atom. The number of hydrogen-bond donors (Lipinski definition) is 3. The van der Waals surface area contributed by atoms with Gasteiger partial charge in [0.25, 0.3) is 0 Å². The van der Waals surface area contributed by atoms with Crippen LogP contribution >= 0.6 is 0 Å². The molecule has 3 N–H and O–H groups in total. The number of fused-ring (bicyclic) bond motifs is 5. The number of benzene rings is 3. The van der Waals surface area contributed by atoms with E-state index in [4.69, 9.17) is 9.31 Å². The van der Waals surface area contributed by atoms with Gasteiger partial charge in [-0.05, 0) is 105 Å². The summed E-state index contributed by atoms with van der Waals surface area (Å²) < 4.78 is 13.2. The Kier molecular flexibility index (Phi) is 6.46. The normalized spacial score (nSPS) is 27.0. The first-order valence-corrected chi connectivity index (χ1v) is 16.0. The van der Waals surface area contributed by atoms with E-state index >= 15 is 0 Å². The van der Waals surface area contributed by atoms with Crippen molar-refractivity contribution in [3.63, 3.8) is 0 Å². The molecule has 0 aliphatic carbocycles. The second-order valence-corrected chi connectivity index (χ2v) is 13.9. The summed E-state index contributed by atoms with van der Waals surface area (Å²) in [6, 6.07) is 25.5. The molecule has 8 rings (SSSR count). The summed E-state index contributed by atoms with van der Waals surface area (Å²) in [5.74, 6) is 1.55.